The lowest BCUT2D eigenvalue weighted by Gasteiger charge is -2.30. The first-order valence-electron chi connectivity index (χ1n) is 8.86. The number of amides is 1. The minimum Gasteiger partial charge on any atom is -0.354 e. The number of hydrogen-bond acceptors (Lipinski definition) is 2. The molecule has 1 aliphatic rings. The van der Waals surface area contributed by atoms with Gasteiger partial charge in [0.05, 0.1) is 6.54 Å². The maximum absolute atomic E-state index is 11.9. The summed E-state index contributed by atoms with van der Waals surface area (Å²) in [5.41, 5.74) is 0.683. The summed E-state index contributed by atoms with van der Waals surface area (Å²) in [4.78, 5) is 18.9. The van der Waals surface area contributed by atoms with Crippen LogP contribution in [-0.4, -0.2) is 42.9 Å². The van der Waals surface area contributed by atoms with Gasteiger partial charge < -0.3 is 15.5 Å². The maximum Gasteiger partial charge on any atom is 0.225 e. The predicted octanol–water partition coefficient (Wildman–Crippen LogP) is 3.72. The summed E-state index contributed by atoms with van der Waals surface area (Å²) in [6.07, 6.45) is 3.70. The number of likely N-dealkylation sites (tertiary alicyclic amines) is 1. The quantitative estimate of drug-likeness (QED) is 0.313. The Morgan fingerprint density at radius 1 is 1.12 bits per heavy atom. The van der Waals surface area contributed by atoms with Gasteiger partial charge >= 0.3 is 0 Å². The number of halogens is 1. The Balaban J connectivity index is 0.00000312. The average molecular weight is 458 g/mol. The summed E-state index contributed by atoms with van der Waals surface area (Å²) in [6.45, 7) is 8.96. The zero-order chi connectivity index (χ0) is 17.4. The van der Waals surface area contributed by atoms with Gasteiger partial charge in [-0.15, -0.1) is 24.0 Å². The first kappa shape index (κ1) is 21.7. The molecule has 0 aliphatic carbocycles. The number of carbonyl (C=O) groups excluding carboxylic acids is 1. The first-order valence-corrected chi connectivity index (χ1v) is 8.86. The van der Waals surface area contributed by atoms with E-state index in [9.17, 15) is 4.79 Å². The van der Waals surface area contributed by atoms with E-state index in [-0.39, 0.29) is 35.3 Å². The molecule has 0 radical (unpaired) electrons. The molecule has 0 bridgehead atoms. The Labute approximate surface area is 168 Å². The van der Waals surface area contributed by atoms with Crippen LogP contribution >= 0.6 is 24.0 Å². The van der Waals surface area contributed by atoms with E-state index >= 15 is 0 Å². The number of piperidine rings is 1. The summed E-state index contributed by atoms with van der Waals surface area (Å²) >= 11 is 0. The molecule has 1 amide bonds. The highest BCUT2D eigenvalue weighted by Crippen LogP contribution is 2.13. The third-order valence-corrected chi connectivity index (χ3v) is 4.03. The fourth-order valence-electron chi connectivity index (χ4n) is 2.57. The predicted molar refractivity (Wildman–Crippen MR) is 116 cm³/mol. The van der Waals surface area contributed by atoms with Gasteiger partial charge in [-0.1, -0.05) is 39.0 Å². The van der Waals surface area contributed by atoms with E-state index in [0.717, 1.165) is 24.7 Å². The minimum atomic E-state index is -0.359. The first-order chi connectivity index (χ1) is 11.5. The van der Waals surface area contributed by atoms with E-state index < -0.39 is 0 Å². The summed E-state index contributed by atoms with van der Waals surface area (Å²) < 4.78 is 0. The van der Waals surface area contributed by atoms with Crippen LogP contribution in [0.15, 0.2) is 35.3 Å². The molecule has 0 saturated carbocycles. The number of para-hydroxylation sites is 1. The van der Waals surface area contributed by atoms with Crippen LogP contribution in [0, 0.1) is 5.41 Å². The topological polar surface area (TPSA) is 56.7 Å². The largest absolute Gasteiger partial charge is 0.354 e. The van der Waals surface area contributed by atoms with Gasteiger partial charge in [0.25, 0.3) is 0 Å². The number of aliphatic imine (C=N–C) groups is 1. The highest BCUT2D eigenvalue weighted by molar-refractivity contribution is 14.0. The monoisotopic (exact) mass is 458 g/mol. The van der Waals surface area contributed by atoms with Gasteiger partial charge in [0.15, 0.2) is 5.96 Å². The smallest absolute Gasteiger partial charge is 0.225 e. The summed E-state index contributed by atoms with van der Waals surface area (Å²) in [6, 6.07) is 10.1. The van der Waals surface area contributed by atoms with Crippen molar-refractivity contribution in [3.63, 3.8) is 0 Å². The number of nitrogens with zero attached hydrogens (tertiary/aromatic N) is 2. The molecule has 5 nitrogen and oxygen atoms in total. The fraction of sp³-hybridized carbons (Fsp3) is 0.579. The second-order valence-corrected chi connectivity index (χ2v) is 7.25. The molecule has 0 atom stereocenters. The van der Waals surface area contributed by atoms with Crippen LogP contribution in [0.3, 0.4) is 0 Å². The zero-order valence-corrected chi connectivity index (χ0v) is 17.9. The molecule has 1 heterocycles. The number of carbonyl (C=O) groups is 1. The van der Waals surface area contributed by atoms with Gasteiger partial charge in [0.2, 0.25) is 5.91 Å². The maximum atomic E-state index is 11.9. The third kappa shape index (κ3) is 7.63. The molecule has 0 unspecified atom stereocenters. The minimum absolute atomic E-state index is 0. The molecule has 2 rings (SSSR count). The molecule has 140 valence electrons. The molecule has 1 aliphatic heterocycles. The molecule has 0 spiro atoms. The van der Waals surface area contributed by atoms with E-state index in [0.29, 0.717) is 13.1 Å². The second kappa shape index (κ2) is 10.6. The van der Waals surface area contributed by atoms with Gasteiger partial charge in [-0.2, -0.15) is 0 Å². The van der Waals surface area contributed by atoms with Crippen molar-refractivity contribution in [2.24, 2.45) is 10.4 Å². The Hall–Kier alpha value is -1.31. The molecule has 1 aromatic rings. The van der Waals surface area contributed by atoms with Gasteiger partial charge in [-0.05, 0) is 31.4 Å². The van der Waals surface area contributed by atoms with Crippen LogP contribution in [0.5, 0.6) is 0 Å². The SMILES string of the molecule is CC(C)(C)C(=O)NCCN=C(Nc1ccccc1)N1CCCCC1.I. The number of anilines is 1. The van der Waals surface area contributed by atoms with Crippen LogP contribution in [0.25, 0.3) is 0 Å². The Kier molecular flexibility index (Phi) is 9.24. The average Bonchev–Trinajstić information content (AvgIpc) is 2.58. The Morgan fingerprint density at radius 2 is 1.76 bits per heavy atom. The van der Waals surface area contributed by atoms with Gasteiger partial charge in [-0.25, -0.2) is 0 Å². The highest BCUT2D eigenvalue weighted by atomic mass is 127. The fourth-order valence-corrected chi connectivity index (χ4v) is 2.57. The van der Waals surface area contributed by atoms with Crippen LogP contribution in [-0.2, 0) is 4.79 Å². The lowest BCUT2D eigenvalue weighted by atomic mass is 9.96. The number of hydrogen-bond donors (Lipinski definition) is 2. The van der Waals surface area contributed by atoms with Gasteiger partial charge in [0.1, 0.15) is 0 Å². The standard InChI is InChI=1S/C19H30N4O.HI/c1-19(2,3)17(24)20-12-13-21-18(23-14-8-5-9-15-23)22-16-10-6-4-7-11-16;/h4,6-7,10-11H,5,8-9,12-15H2,1-3H3,(H,20,24)(H,21,22);1H. The molecular formula is C19H31IN4O. The lowest BCUT2D eigenvalue weighted by molar-refractivity contribution is -0.128. The lowest BCUT2D eigenvalue weighted by Crippen LogP contribution is -2.41. The van der Waals surface area contributed by atoms with E-state index in [1.54, 1.807) is 0 Å². The summed E-state index contributed by atoms with van der Waals surface area (Å²) in [7, 11) is 0. The van der Waals surface area contributed by atoms with Crippen molar-refractivity contribution in [2.75, 3.05) is 31.5 Å². The summed E-state index contributed by atoms with van der Waals surface area (Å²) in [5.74, 6) is 0.971. The van der Waals surface area contributed by atoms with Gasteiger partial charge in [0, 0.05) is 30.7 Å². The molecule has 1 fully saturated rings. The van der Waals surface area contributed by atoms with Crippen molar-refractivity contribution >= 4 is 41.5 Å². The van der Waals surface area contributed by atoms with Crippen molar-refractivity contribution < 1.29 is 4.79 Å². The molecular weight excluding hydrogens is 427 g/mol. The number of nitrogens with one attached hydrogen (secondary N) is 2. The molecule has 0 aromatic heterocycles. The molecule has 2 N–H and O–H groups in total. The Bertz CT molecular complexity index is 548. The number of benzene rings is 1. The van der Waals surface area contributed by atoms with Gasteiger partial charge in [-0.3, -0.25) is 9.79 Å². The second-order valence-electron chi connectivity index (χ2n) is 7.25. The van der Waals surface area contributed by atoms with Crippen molar-refractivity contribution in [2.45, 2.75) is 40.0 Å². The van der Waals surface area contributed by atoms with Crippen molar-refractivity contribution in [3.8, 4) is 0 Å². The number of rotatable bonds is 4. The van der Waals surface area contributed by atoms with E-state index in [1.807, 2.05) is 51.1 Å². The highest BCUT2D eigenvalue weighted by Gasteiger charge is 2.20. The third-order valence-electron chi connectivity index (χ3n) is 4.03. The van der Waals surface area contributed by atoms with Crippen molar-refractivity contribution in [3.05, 3.63) is 30.3 Å². The van der Waals surface area contributed by atoms with E-state index in [2.05, 4.69) is 15.5 Å². The van der Waals surface area contributed by atoms with Crippen LogP contribution < -0.4 is 10.6 Å². The molecule has 6 heteroatoms. The van der Waals surface area contributed by atoms with Crippen LogP contribution in [0.1, 0.15) is 40.0 Å². The van der Waals surface area contributed by atoms with Crippen molar-refractivity contribution in [1.29, 1.82) is 0 Å². The van der Waals surface area contributed by atoms with Crippen LogP contribution in [0.2, 0.25) is 0 Å². The van der Waals surface area contributed by atoms with E-state index in [1.165, 1.54) is 19.3 Å². The van der Waals surface area contributed by atoms with E-state index in [4.69, 9.17) is 4.99 Å². The molecule has 25 heavy (non-hydrogen) atoms. The molecule has 1 aromatic carbocycles. The number of guanidine groups is 1. The molecule has 1 saturated heterocycles. The zero-order valence-electron chi connectivity index (χ0n) is 15.5. The Morgan fingerprint density at radius 3 is 2.36 bits per heavy atom. The van der Waals surface area contributed by atoms with Crippen LogP contribution in [0.4, 0.5) is 5.69 Å². The summed E-state index contributed by atoms with van der Waals surface area (Å²) in [5, 5.41) is 6.38. The normalized spacial score (nSPS) is 15.3. The van der Waals surface area contributed by atoms with Crippen molar-refractivity contribution in [1.82, 2.24) is 10.2 Å².